The number of carbonyl (C=O) groups excluding carboxylic acids is 3. The van der Waals surface area contributed by atoms with Gasteiger partial charge in [0.25, 0.3) is 0 Å². The van der Waals surface area contributed by atoms with E-state index in [2.05, 4.69) is 5.32 Å². The molecule has 0 saturated carbocycles. The number of imide groups is 1. The summed E-state index contributed by atoms with van der Waals surface area (Å²) >= 11 is 0. The maximum absolute atomic E-state index is 13.0. The maximum atomic E-state index is 13.0. The highest BCUT2D eigenvalue weighted by Gasteiger charge is 2.19. The molecule has 0 aromatic heterocycles. The zero-order valence-corrected chi connectivity index (χ0v) is 12.2. The molecular formula is C14H17F2N3O3. The van der Waals surface area contributed by atoms with Crippen LogP contribution in [0.5, 0.6) is 0 Å². The average Bonchev–Trinajstić information content (AvgIpc) is 2.36. The summed E-state index contributed by atoms with van der Waals surface area (Å²) in [4.78, 5) is 34.6. The Morgan fingerprint density at radius 1 is 1.09 bits per heavy atom. The fourth-order valence-electron chi connectivity index (χ4n) is 1.60. The van der Waals surface area contributed by atoms with Crippen LogP contribution in [0.2, 0.25) is 0 Å². The molecule has 4 N–H and O–H groups in total. The van der Waals surface area contributed by atoms with E-state index in [0.29, 0.717) is 6.07 Å². The molecule has 0 spiro atoms. The molecule has 1 aromatic carbocycles. The number of hydrogen-bond donors (Lipinski definition) is 3. The fraction of sp³-hybridized carbons (Fsp3) is 0.357. The van der Waals surface area contributed by atoms with Crippen LogP contribution in [0.1, 0.15) is 19.4 Å². The van der Waals surface area contributed by atoms with Crippen LogP contribution < -0.4 is 16.4 Å². The van der Waals surface area contributed by atoms with Crippen molar-refractivity contribution >= 4 is 17.7 Å². The molecule has 1 aromatic rings. The lowest BCUT2D eigenvalue weighted by atomic mass is 10.1. The van der Waals surface area contributed by atoms with Crippen molar-refractivity contribution in [1.29, 1.82) is 0 Å². The monoisotopic (exact) mass is 313 g/mol. The van der Waals surface area contributed by atoms with Gasteiger partial charge in [0.15, 0.2) is 0 Å². The van der Waals surface area contributed by atoms with Gasteiger partial charge in [0.2, 0.25) is 17.7 Å². The number of nitrogens with two attached hydrogens (primary N) is 1. The Balaban J connectivity index is 2.57. The van der Waals surface area contributed by atoms with Crippen LogP contribution in [0.3, 0.4) is 0 Å². The van der Waals surface area contributed by atoms with Gasteiger partial charge in [-0.3, -0.25) is 19.7 Å². The van der Waals surface area contributed by atoms with Gasteiger partial charge in [0.1, 0.15) is 17.7 Å². The van der Waals surface area contributed by atoms with Gasteiger partial charge in [-0.1, -0.05) is 0 Å². The van der Waals surface area contributed by atoms with Crippen molar-refractivity contribution < 1.29 is 23.2 Å². The largest absolute Gasteiger partial charge is 0.344 e. The minimum absolute atomic E-state index is 0.134. The number of rotatable bonds is 5. The molecule has 3 amide bonds. The Morgan fingerprint density at radius 2 is 1.64 bits per heavy atom. The van der Waals surface area contributed by atoms with Crippen molar-refractivity contribution in [2.75, 3.05) is 0 Å². The lowest BCUT2D eigenvalue weighted by molar-refractivity contribution is -0.134. The van der Waals surface area contributed by atoms with E-state index < -0.39 is 41.4 Å². The van der Waals surface area contributed by atoms with Crippen molar-refractivity contribution in [2.45, 2.75) is 32.4 Å². The first-order valence-electron chi connectivity index (χ1n) is 6.53. The summed E-state index contributed by atoms with van der Waals surface area (Å²) in [6.45, 7) is 2.78. The Hall–Kier alpha value is -2.35. The second-order valence-electron chi connectivity index (χ2n) is 4.89. The zero-order chi connectivity index (χ0) is 16.9. The van der Waals surface area contributed by atoms with Crippen molar-refractivity contribution in [3.63, 3.8) is 0 Å². The van der Waals surface area contributed by atoms with Gasteiger partial charge < -0.3 is 11.1 Å². The van der Waals surface area contributed by atoms with Crippen LogP contribution in [0.4, 0.5) is 8.78 Å². The lowest BCUT2D eigenvalue weighted by Gasteiger charge is -2.14. The Kier molecular flexibility index (Phi) is 6.11. The summed E-state index contributed by atoms with van der Waals surface area (Å²) in [5.41, 5.74) is 5.43. The molecule has 0 radical (unpaired) electrons. The predicted octanol–water partition coefficient (Wildman–Crippen LogP) is 0.00200. The van der Waals surface area contributed by atoms with Crippen LogP contribution in [0.25, 0.3) is 0 Å². The van der Waals surface area contributed by atoms with Gasteiger partial charge in [-0.2, -0.15) is 0 Å². The third-order valence-corrected chi connectivity index (χ3v) is 2.72. The zero-order valence-electron chi connectivity index (χ0n) is 12.2. The third kappa shape index (κ3) is 5.57. The maximum Gasteiger partial charge on any atom is 0.248 e. The second kappa shape index (κ2) is 7.60. The smallest absolute Gasteiger partial charge is 0.248 e. The van der Waals surface area contributed by atoms with E-state index in [0.717, 1.165) is 12.1 Å². The number of hydrogen-bond acceptors (Lipinski definition) is 4. The highest BCUT2D eigenvalue weighted by Crippen LogP contribution is 2.08. The van der Waals surface area contributed by atoms with Gasteiger partial charge in [0.05, 0.1) is 12.5 Å². The number of halogens is 2. The normalized spacial score (nSPS) is 13.1. The van der Waals surface area contributed by atoms with Gasteiger partial charge in [0, 0.05) is 6.07 Å². The summed E-state index contributed by atoms with van der Waals surface area (Å²) in [6, 6.07) is 0.882. The quantitative estimate of drug-likeness (QED) is 0.712. The van der Waals surface area contributed by atoms with E-state index in [1.807, 2.05) is 5.32 Å². The molecule has 2 atom stereocenters. The summed E-state index contributed by atoms with van der Waals surface area (Å²) in [6.07, 6.45) is -0.298. The third-order valence-electron chi connectivity index (χ3n) is 2.72. The van der Waals surface area contributed by atoms with E-state index in [1.54, 1.807) is 0 Å². The van der Waals surface area contributed by atoms with Gasteiger partial charge >= 0.3 is 0 Å². The first-order chi connectivity index (χ1) is 10.2. The summed E-state index contributed by atoms with van der Waals surface area (Å²) in [5, 5.41) is 4.35. The molecule has 0 aliphatic heterocycles. The SMILES string of the molecule is C[C@H](N)C(=O)NC(=O)[C@H](C)NC(=O)Cc1cc(F)cc(F)c1. The molecule has 120 valence electrons. The first kappa shape index (κ1) is 17.7. The molecule has 0 fully saturated rings. The standard InChI is InChI=1S/C14H17F2N3O3/c1-7(17)13(21)19-14(22)8(2)18-12(20)5-9-3-10(15)6-11(16)4-9/h3-4,6-8H,5,17H2,1-2H3,(H,18,20)(H,19,21,22)/t7-,8-/m0/s1. The molecule has 0 aliphatic carbocycles. The van der Waals surface area contributed by atoms with Crippen LogP contribution in [-0.2, 0) is 20.8 Å². The van der Waals surface area contributed by atoms with E-state index in [1.165, 1.54) is 13.8 Å². The molecular weight excluding hydrogens is 296 g/mol. The highest BCUT2D eigenvalue weighted by atomic mass is 19.1. The van der Waals surface area contributed by atoms with Gasteiger partial charge in [-0.05, 0) is 31.5 Å². The van der Waals surface area contributed by atoms with Crippen LogP contribution >= 0.6 is 0 Å². The highest BCUT2D eigenvalue weighted by molar-refractivity contribution is 6.00. The molecule has 0 unspecified atom stereocenters. The number of amides is 3. The fourth-order valence-corrected chi connectivity index (χ4v) is 1.60. The molecule has 0 aliphatic rings. The second-order valence-corrected chi connectivity index (χ2v) is 4.89. The molecule has 0 bridgehead atoms. The predicted molar refractivity (Wildman–Crippen MR) is 74.5 cm³/mol. The van der Waals surface area contributed by atoms with Crippen molar-refractivity contribution in [2.24, 2.45) is 5.73 Å². The summed E-state index contributed by atoms with van der Waals surface area (Å²) < 4.78 is 26.0. The van der Waals surface area contributed by atoms with Crippen LogP contribution in [-0.4, -0.2) is 29.8 Å². The first-order valence-corrected chi connectivity index (χ1v) is 6.53. The van der Waals surface area contributed by atoms with E-state index in [-0.39, 0.29) is 12.0 Å². The average molecular weight is 313 g/mol. The van der Waals surface area contributed by atoms with E-state index >= 15 is 0 Å². The number of nitrogens with one attached hydrogen (secondary N) is 2. The minimum Gasteiger partial charge on any atom is -0.344 e. The van der Waals surface area contributed by atoms with Gasteiger partial charge in [-0.15, -0.1) is 0 Å². The van der Waals surface area contributed by atoms with E-state index in [9.17, 15) is 23.2 Å². The summed E-state index contributed by atoms with van der Waals surface area (Å²) in [7, 11) is 0. The molecule has 8 heteroatoms. The van der Waals surface area contributed by atoms with Crippen molar-refractivity contribution in [3.8, 4) is 0 Å². The molecule has 1 rings (SSSR count). The Labute approximate surface area is 126 Å². The lowest BCUT2D eigenvalue weighted by Crippen LogP contribution is -2.50. The molecule has 0 heterocycles. The van der Waals surface area contributed by atoms with E-state index in [4.69, 9.17) is 5.73 Å². The van der Waals surface area contributed by atoms with Crippen LogP contribution in [0.15, 0.2) is 18.2 Å². The number of carbonyl (C=O) groups is 3. The topological polar surface area (TPSA) is 101 Å². The number of benzene rings is 1. The summed E-state index contributed by atoms with van der Waals surface area (Å²) in [5.74, 6) is -3.59. The Bertz CT molecular complexity index is 570. The van der Waals surface area contributed by atoms with Crippen molar-refractivity contribution in [1.82, 2.24) is 10.6 Å². The molecule has 0 saturated heterocycles. The van der Waals surface area contributed by atoms with Crippen LogP contribution in [0, 0.1) is 11.6 Å². The molecule has 22 heavy (non-hydrogen) atoms. The molecule has 6 nitrogen and oxygen atoms in total. The Morgan fingerprint density at radius 3 is 2.14 bits per heavy atom. The van der Waals surface area contributed by atoms with Crippen molar-refractivity contribution in [3.05, 3.63) is 35.4 Å². The van der Waals surface area contributed by atoms with Gasteiger partial charge in [-0.25, -0.2) is 8.78 Å². The minimum atomic E-state index is -0.992.